The molecule has 6 heavy (non-hydrogen) atoms. The van der Waals surface area contributed by atoms with Crippen molar-refractivity contribution >= 4 is 20.5 Å². The first-order valence-corrected chi connectivity index (χ1v) is 2.57. The quantitative estimate of drug-likeness (QED) is 0.568. The molecule has 0 amide bonds. The number of halogens is 1. The SMILES string of the molecule is COP(O)OCl. The van der Waals surface area contributed by atoms with Gasteiger partial charge in [-0.15, -0.1) is 0 Å². The third-order valence-corrected chi connectivity index (χ3v) is 1.000. The summed E-state index contributed by atoms with van der Waals surface area (Å²) in [6, 6.07) is 0. The summed E-state index contributed by atoms with van der Waals surface area (Å²) in [5.41, 5.74) is 0. The molecule has 0 spiro atoms. The number of hydrogen-bond acceptors (Lipinski definition) is 3. The summed E-state index contributed by atoms with van der Waals surface area (Å²) in [6.45, 7) is 0. The van der Waals surface area contributed by atoms with Crippen molar-refractivity contribution < 1.29 is 13.5 Å². The van der Waals surface area contributed by atoms with E-state index in [2.05, 4.69) is 20.5 Å². The summed E-state index contributed by atoms with van der Waals surface area (Å²) in [4.78, 5) is 8.16. The van der Waals surface area contributed by atoms with Gasteiger partial charge in [-0.3, -0.25) is 0 Å². The fraction of sp³-hybridized carbons (Fsp3) is 1.00. The lowest BCUT2D eigenvalue weighted by Gasteiger charge is -1.95. The Balaban J connectivity index is 2.75. The summed E-state index contributed by atoms with van der Waals surface area (Å²) in [5, 5.41) is 0. The largest absolute Gasteiger partial charge is 0.347 e. The predicted molar refractivity (Wildman–Crippen MR) is 23.1 cm³/mol. The molecule has 1 N–H and O–H groups in total. The van der Waals surface area contributed by atoms with Crippen LogP contribution in [0.3, 0.4) is 0 Å². The van der Waals surface area contributed by atoms with Crippen molar-refractivity contribution in [1.82, 2.24) is 0 Å². The molecule has 38 valence electrons. The van der Waals surface area contributed by atoms with Gasteiger partial charge in [-0.2, -0.15) is 4.08 Å². The maximum atomic E-state index is 8.16. The molecule has 0 saturated heterocycles. The molecule has 0 aromatic carbocycles. The summed E-state index contributed by atoms with van der Waals surface area (Å²) < 4.78 is 7.94. The van der Waals surface area contributed by atoms with Crippen molar-refractivity contribution in [3.63, 3.8) is 0 Å². The smallest absolute Gasteiger partial charge is 0.327 e. The Hall–Kier alpha value is 0.600. The first kappa shape index (κ1) is 6.60. The molecule has 0 rings (SSSR count). The Morgan fingerprint density at radius 1 is 1.83 bits per heavy atom. The molecule has 0 saturated carbocycles. The molecule has 1 unspecified atom stereocenters. The maximum absolute atomic E-state index is 8.16. The van der Waals surface area contributed by atoms with Crippen LogP contribution in [-0.2, 0) is 8.60 Å². The fourth-order valence-corrected chi connectivity index (χ4v) is 0.254. The first-order valence-electron chi connectivity index (χ1n) is 1.13. The lowest BCUT2D eigenvalue weighted by atomic mass is 11.8. The Morgan fingerprint density at radius 2 is 2.33 bits per heavy atom. The predicted octanol–water partition coefficient (Wildman–Crippen LogP) is 1.02. The third kappa shape index (κ3) is 2.82. The van der Waals surface area contributed by atoms with E-state index in [1.54, 1.807) is 0 Å². The van der Waals surface area contributed by atoms with Gasteiger partial charge in [0.25, 0.3) is 0 Å². The minimum Gasteiger partial charge on any atom is -0.327 e. The van der Waals surface area contributed by atoms with E-state index in [0.717, 1.165) is 0 Å². The topological polar surface area (TPSA) is 38.7 Å². The van der Waals surface area contributed by atoms with Crippen molar-refractivity contribution in [2.24, 2.45) is 0 Å². The van der Waals surface area contributed by atoms with Crippen LogP contribution < -0.4 is 0 Å². The summed E-state index contributed by atoms with van der Waals surface area (Å²) in [6.07, 6.45) is 0. The lowest BCUT2D eigenvalue weighted by molar-refractivity contribution is 0.326. The van der Waals surface area contributed by atoms with Gasteiger partial charge in [0, 0.05) is 7.11 Å². The molecule has 0 aliphatic carbocycles. The highest BCUT2D eigenvalue weighted by atomic mass is 35.5. The Kier molecular flexibility index (Phi) is 4.16. The van der Waals surface area contributed by atoms with Crippen molar-refractivity contribution in [3.05, 3.63) is 0 Å². The molecular formula is CH4ClO3P. The van der Waals surface area contributed by atoms with Crippen LogP contribution in [0.4, 0.5) is 0 Å². The van der Waals surface area contributed by atoms with E-state index in [4.69, 9.17) is 4.89 Å². The maximum Gasteiger partial charge on any atom is 0.347 e. The van der Waals surface area contributed by atoms with Gasteiger partial charge < -0.3 is 9.42 Å². The second-order valence-electron chi connectivity index (χ2n) is 0.489. The number of rotatable bonds is 2. The minimum atomic E-state index is -1.81. The third-order valence-electron chi connectivity index (χ3n) is 0.215. The van der Waals surface area contributed by atoms with Crippen LogP contribution in [0.1, 0.15) is 0 Å². The van der Waals surface area contributed by atoms with E-state index >= 15 is 0 Å². The van der Waals surface area contributed by atoms with Crippen LogP contribution in [-0.4, -0.2) is 12.0 Å². The Morgan fingerprint density at radius 3 is 2.33 bits per heavy atom. The van der Waals surface area contributed by atoms with Crippen molar-refractivity contribution in [3.8, 4) is 0 Å². The highest BCUT2D eigenvalue weighted by molar-refractivity contribution is 7.41. The normalized spacial score (nSPS) is 14.5. The molecule has 0 heterocycles. The molecule has 5 heteroatoms. The second-order valence-corrected chi connectivity index (χ2v) is 1.88. The molecule has 1 atom stereocenters. The van der Waals surface area contributed by atoms with E-state index in [0.29, 0.717) is 0 Å². The minimum absolute atomic E-state index is 1.30. The second kappa shape index (κ2) is 3.78. The van der Waals surface area contributed by atoms with Gasteiger partial charge in [-0.25, -0.2) is 0 Å². The van der Waals surface area contributed by atoms with Gasteiger partial charge in [0.2, 0.25) is 0 Å². The van der Waals surface area contributed by atoms with Crippen molar-refractivity contribution in [2.75, 3.05) is 7.11 Å². The lowest BCUT2D eigenvalue weighted by Crippen LogP contribution is -1.70. The van der Waals surface area contributed by atoms with E-state index in [9.17, 15) is 0 Å². The van der Waals surface area contributed by atoms with Crippen LogP contribution in [0, 0.1) is 0 Å². The van der Waals surface area contributed by atoms with E-state index in [1.807, 2.05) is 0 Å². The molecule has 0 aliphatic heterocycles. The van der Waals surface area contributed by atoms with Gasteiger partial charge in [0.15, 0.2) is 0 Å². The fourth-order valence-electron chi connectivity index (χ4n) is 0.0282. The van der Waals surface area contributed by atoms with Gasteiger partial charge in [0.05, 0.1) is 11.9 Å². The molecule has 0 bridgehead atoms. The first-order chi connectivity index (χ1) is 2.81. The molecular weight excluding hydrogens is 126 g/mol. The van der Waals surface area contributed by atoms with E-state index < -0.39 is 8.60 Å². The van der Waals surface area contributed by atoms with Crippen LogP contribution in [0.5, 0.6) is 0 Å². The summed E-state index contributed by atoms with van der Waals surface area (Å²) in [5.74, 6) is 0. The van der Waals surface area contributed by atoms with E-state index in [-0.39, 0.29) is 0 Å². The molecule has 3 nitrogen and oxygen atoms in total. The Labute approximate surface area is 42.0 Å². The highest BCUT2D eigenvalue weighted by Gasteiger charge is 1.97. The summed E-state index contributed by atoms with van der Waals surface area (Å²) in [7, 11) is -0.511. The van der Waals surface area contributed by atoms with Gasteiger partial charge in [-0.05, 0) is 0 Å². The monoisotopic (exact) mass is 130 g/mol. The number of hydrogen-bond donors (Lipinski definition) is 1. The Bertz CT molecular complexity index is 30.0. The zero-order chi connectivity index (χ0) is 4.99. The van der Waals surface area contributed by atoms with E-state index in [1.165, 1.54) is 7.11 Å². The van der Waals surface area contributed by atoms with Gasteiger partial charge in [0.1, 0.15) is 0 Å². The standard InChI is InChI=1S/CH4ClO3P/c1-4-6(3)5-2/h3H,1H3. The van der Waals surface area contributed by atoms with Crippen molar-refractivity contribution in [1.29, 1.82) is 0 Å². The molecule has 0 fully saturated rings. The average Bonchev–Trinajstić information content (AvgIpc) is 1.65. The van der Waals surface area contributed by atoms with Crippen molar-refractivity contribution in [2.45, 2.75) is 0 Å². The zero-order valence-corrected chi connectivity index (χ0v) is 4.74. The molecule has 0 aliphatic rings. The van der Waals surface area contributed by atoms with Gasteiger partial charge >= 0.3 is 8.60 Å². The molecule has 0 aromatic heterocycles. The molecule has 0 aromatic rings. The van der Waals surface area contributed by atoms with Crippen LogP contribution in [0.2, 0.25) is 0 Å². The summed E-state index contributed by atoms with van der Waals surface area (Å²) >= 11 is 4.61. The average molecular weight is 130 g/mol. The van der Waals surface area contributed by atoms with Gasteiger partial charge in [-0.1, -0.05) is 0 Å². The van der Waals surface area contributed by atoms with Crippen LogP contribution in [0.25, 0.3) is 0 Å². The highest BCUT2D eigenvalue weighted by Crippen LogP contribution is 2.32. The van der Waals surface area contributed by atoms with Crippen LogP contribution >= 0.6 is 20.5 Å². The molecule has 0 radical (unpaired) electrons. The van der Waals surface area contributed by atoms with Crippen LogP contribution in [0.15, 0.2) is 0 Å². The zero-order valence-electron chi connectivity index (χ0n) is 3.09.